The summed E-state index contributed by atoms with van der Waals surface area (Å²) in [4.78, 5) is 38.1. The molecular weight excluding hydrogens is 352 g/mol. The van der Waals surface area contributed by atoms with Gasteiger partial charge in [-0.3, -0.25) is 14.9 Å². The Kier molecular flexibility index (Phi) is 5.50. The number of benzene rings is 1. The van der Waals surface area contributed by atoms with Gasteiger partial charge >= 0.3 is 5.97 Å². The lowest BCUT2D eigenvalue weighted by Crippen LogP contribution is -2.30. The number of nitrogens with one attached hydrogen (secondary N) is 1. The number of carbonyl (C=O) groups excluding carboxylic acids is 2. The zero-order valence-corrected chi connectivity index (χ0v) is 13.7. The molecule has 0 radical (unpaired) electrons. The largest absolute Gasteiger partial charge is 0.449 e. The molecule has 2 aromatic rings. The van der Waals surface area contributed by atoms with Gasteiger partial charge in [-0.1, -0.05) is 11.6 Å². The first-order valence-electron chi connectivity index (χ1n) is 6.96. The number of nitro benzene ring substituents is 1. The summed E-state index contributed by atoms with van der Waals surface area (Å²) in [6.45, 7) is 1.34. The van der Waals surface area contributed by atoms with Gasteiger partial charge < -0.3 is 15.8 Å². The average molecular weight is 365 g/mol. The molecule has 0 bridgehead atoms. The normalized spacial score (nSPS) is 11.4. The van der Waals surface area contributed by atoms with E-state index in [1.807, 2.05) is 0 Å². The Bertz CT molecular complexity index is 842. The first kappa shape index (κ1) is 18.1. The Hall–Kier alpha value is -3.20. The van der Waals surface area contributed by atoms with E-state index in [1.54, 1.807) is 6.07 Å². The maximum Gasteiger partial charge on any atom is 0.341 e. The lowest BCUT2D eigenvalue weighted by atomic mass is 10.1. The highest BCUT2D eigenvalue weighted by Crippen LogP contribution is 2.22. The third-order valence-electron chi connectivity index (χ3n) is 3.14. The molecule has 3 N–H and O–H groups in total. The van der Waals surface area contributed by atoms with Gasteiger partial charge in [0.2, 0.25) is 0 Å². The van der Waals surface area contributed by atoms with Gasteiger partial charge in [0, 0.05) is 24.0 Å². The number of non-ortho nitro benzene ring substituents is 1. The Morgan fingerprint density at radius 1 is 1.40 bits per heavy atom. The number of carbonyl (C=O) groups is 2. The number of nitrogens with two attached hydrogens (primary N) is 1. The van der Waals surface area contributed by atoms with E-state index in [1.165, 1.54) is 25.3 Å². The van der Waals surface area contributed by atoms with Crippen LogP contribution >= 0.6 is 11.6 Å². The fraction of sp³-hybridized carbons (Fsp3) is 0.133. The molecule has 0 fully saturated rings. The Morgan fingerprint density at radius 3 is 2.76 bits per heavy atom. The fourth-order valence-electron chi connectivity index (χ4n) is 1.83. The van der Waals surface area contributed by atoms with Crippen molar-refractivity contribution in [2.24, 2.45) is 0 Å². The zero-order chi connectivity index (χ0) is 18.6. The maximum atomic E-state index is 12.1. The molecule has 1 atom stereocenters. The van der Waals surface area contributed by atoms with Crippen LogP contribution in [0.25, 0.3) is 0 Å². The molecule has 0 saturated carbocycles. The summed E-state index contributed by atoms with van der Waals surface area (Å²) in [5.74, 6) is -1.60. The summed E-state index contributed by atoms with van der Waals surface area (Å²) in [6.07, 6.45) is 0.259. The molecule has 10 heteroatoms. The smallest absolute Gasteiger partial charge is 0.341 e. The van der Waals surface area contributed by atoms with E-state index in [4.69, 9.17) is 22.1 Å². The maximum absolute atomic E-state index is 12.1. The SMILES string of the molecule is CC(OC(=O)c1cc([N+](=O)[O-])ccc1N)C(=O)Nc1cccnc1Cl. The third kappa shape index (κ3) is 4.42. The van der Waals surface area contributed by atoms with Crippen LogP contribution in [0.2, 0.25) is 5.15 Å². The molecule has 1 amide bonds. The molecule has 130 valence electrons. The number of nitro groups is 1. The monoisotopic (exact) mass is 364 g/mol. The number of ether oxygens (including phenoxy) is 1. The van der Waals surface area contributed by atoms with Gasteiger partial charge in [0.1, 0.15) is 0 Å². The number of hydrogen-bond acceptors (Lipinski definition) is 7. The molecular formula is C15H13ClN4O5. The molecule has 9 nitrogen and oxygen atoms in total. The summed E-state index contributed by atoms with van der Waals surface area (Å²) in [6, 6.07) is 6.46. The van der Waals surface area contributed by atoms with E-state index in [9.17, 15) is 19.7 Å². The van der Waals surface area contributed by atoms with Gasteiger partial charge in [-0.05, 0) is 25.1 Å². The topological polar surface area (TPSA) is 137 Å². The van der Waals surface area contributed by atoms with Gasteiger partial charge in [-0.15, -0.1) is 0 Å². The number of esters is 1. The molecule has 0 saturated heterocycles. The molecule has 25 heavy (non-hydrogen) atoms. The van der Waals surface area contributed by atoms with Gasteiger partial charge in [-0.25, -0.2) is 9.78 Å². The molecule has 1 aromatic heterocycles. The van der Waals surface area contributed by atoms with Crippen LogP contribution in [0.15, 0.2) is 36.5 Å². The van der Waals surface area contributed by atoms with Gasteiger partial charge in [0.25, 0.3) is 11.6 Å². The first-order valence-corrected chi connectivity index (χ1v) is 7.33. The van der Waals surface area contributed by atoms with Crippen molar-refractivity contribution in [3.05, 3.63) is 57.4 Å². The van der Waals surface area contributed by atoms with Gasteiger partial charge in [0.15, 0.2) is 11.3 Å². The fourth-order valence-corrected chi connectivity index (χ4v) is 1.99. The quantitative estimate of drug-likeness (QED) is 0.273. The molecule has 2 rings (SSSR count). The number of aromatic nitrogens is 1. The second kappa shape index (κ2) is 7.58. The van der Waals surface area contributed by atoms with Crippen molar-refractivity contribution < 1.29 is 19.2 Å². The van der Waals surface area contributed by atoms with Gasteiger partial charge in [-0.2, -0.15) is 0 Å². The summed E-state index contributed by atoms with van der Waals surface area (Å²) in [5.41, 5.74) is 5.37. The van der Waals surface area contributed by atoms with Crippen molar-refractivity contribution in [2.45, 2.75) is 13.0 Å². The summed E-state index contributed by atoms with van der Waals surface area (Å²) in [7, 11) is 0. The van der Waals surface area contributed by atoms with E-state index in [0.29, 0.717) is 0 Å². The lowest BCUT2D eigenvalue weighted by molar-refractivity contribution is -0.384. The van der Waals surface area contributed by atoms with E-state index in [-0.39, 0.29) is 27.8 Å². The minimum absolute atomic E-state index is 0.00138. The molecule has 0 aliphatic carbocycles. The van der Waals surface area contributed by atoms with Crippen LogP contribution in [-0.2, 0) is 9.53 Å². The number of anilines is 2. The van der Waals surface area contributed by atoms with E-state index >= 15 is 0 Å². The van der Waals surface area contributed by atoms with Crippen molar-refractivity contribution in [1.29, 1.82) is 0 Å². The van der Waals surface area contributed by atoms with E-state index in [0.717, 1.165) is 12.1 Å². The lowest BCUT2D eigenvalue weighted by Gasteiger charge is -2.14. The minimum Gasteiger partial charge on any atom is -0.449 e. The first-order chi connectivity index (χ1) is 11.8. The highest BCUT2D eigenvalue weighted by Gasteiger charge is 2.23. The summed E-state index contributed by atoms with van der Waals surface area (Å²) in [5, 5.41) is 13.3. The van der Waals surface area contributed by atoms with Gasteiger partial charge in [0.05, 0.1) is 16.2 Å². The van der Waals surface area contributed by atoms with Crippen molar-refractivity contribution >= 4 is 40.5 Å². The second-order valence-electron chi connectivity index (χ2n) is 4.91. The Balaban J connectivity index is 2.09. The van der Waals surface area contributed by atoms with E-state index in [2.05, 4.69) is 10.3 Å². The van der Waals surface area contributed by atoms with E-state index < -0.39 is 22.9 Å². The second-order valence-corrected chi connectivity index (χ2v) is 5.27. The average Bonchev–Trinajstić information content (AvgIpc) is 2.56. The van der Waals surface area contributed by atoms with Crippen molar-refractivity contribution in [2.75, 3.05) is 11.1 Å². The van der Waals surface area contributed by atoms with Crippen LogP contribution in [0.1, 0.15) is 17.3 Å². The number of halogens is 1. The highest BCUT2D eigenvalue weighted by atomic mass is 35.5. The van der Waals surface area contributed by atoms with Crippen LogP contribution in [0.4, 0.5) is 17.1 Å². The van der Waals surface area contributed by atoms with Crippen molar-refractivity contribution in [3.63, 3.8) is 0 Å². The van der Waals surface area contributed by atoms with Crippen LogP contribution in [0, 0.1) is 10.1 Å². The molecule has 1 unspecified atom stereocenters. The molecule has 0 aliphatic rings. The number of rotatable bonds is 5. The number of nitrogens with zero attached hydrogens (tertiary/aromatic N) is 2. The summed E-state index contributed by atoms with van der Waals surface area (Å²) < 4.78 is 5.01. The summed E-state index contributed by atoms with van der Waals surface area (Å²) >= 11 is 5.83. The number of hydrogen-bond donors (Lipinski definition) is 2. The minimum atomic E-state index is -1.19. The van der Waals surface area contributed by atoms with Crippen LogP contribution in [-0.4, -0.2) is 27.9 Å². The zero-order valence-electron chi connectivity index (χ0n) is 12.9. The number of pyridine rings is 1. The predicted octanol–water partition coefficient (Wildman–Crippen LogP) is 2.41. The Morgan fingerprint density at radius 2 is 2.12 bits per heavy atom. The molecule has 0 spiro atoms. The van der Waals surface area contributed by atoms with Crippen molar-refractivity contribution in [3.8, 4) is 0 Å². The predicted molar refractivity (Wildman–Crippen MR) is 90.3 cm³/mol. The highest BCUT2D eigenvalue weighted by molar-refractivity contribution is 6.32. The number of amides is 1. The third-order valence-corrected chi connectivity index (χ3v) is 3.44. The number of nitrogen functional groups attached to an aromatic ring is 1. The Labute approximate surface area is 146 Å². The van der Waals surface area contributed by atoms with Crippen LogP contribution in [0.5, 0.6) is 0 Å². The molecule has 1 aromatic carbocycles. The van der Waals surface area contributed by atoms with Crippen molar-refractivity contribution in [1.82, 2.24) is 4.98 Å². The van der Waals surface area contributed by atoms with Crippen LogP contribution in [0.3, 0.4) is 0 Å². The molecule has 1 heterocycles. The van der Waals surface area contributed by atoms with Crippen LogP contribution < -0.4 is 11.1 Å². The molecule has 0 aliphatic heterocycles. The standard InChI is InChI=1S/C15H13ClN4O5/c1-8(14(21)19-12-3-2-6-18-13(12)16)25-15(22)10-7-9(20(23)24)4-5-11(10)17/h2-8H,17H2,1H3,(H,19,21).